The van der Waals surface area contributed by atoms with Gasteiger partial charge in [-0.1, -0.05) is 68.8 Å². The zero-order valence-electron chi connectivity index (χ0n) is 16.1. The maximum Gasteiger partial charge on any atom is 0.337 e. The SMILES string of the molecule is Cc1ccc(-n2nc(C(C)(C)C)cc2OC(=O)C=Cc2ccccc2)cc1. The zero-order chi connectivity index (χ0) is 19.4. The Morgan fingerprint density at radius 3 is 2.33 bits per heavy atom. The van der Waals surface area contributed by atoms with Crippen LogP contribution in [-0.2, 0) is 10.2 Å². The second kappa shape index (κ2) is 7.62. The predicted octanol–water partition coefficient (Wildman–Crippen LogP) is 5.10. The van der Waals surface area contributed by atoms with Gasteiger partial charge in [-0.2, -0.15) is 5.10 Å². The van der Waals surface area contributed by atoms with Gasteiger partial charge in [0.05, 0.1) is 11.4 Å². The van der Waals surface area contributed by atoms with E-state index in [1.54, 1.807) is 10.8 Å². The summed E-state index contributed by atoms with van der Waals surface area (Å²) in [7, 11) is 0. The van der Waals surface area contributed by atoms with Gasteiger partial charge in [0.2, 0.25) is 5.88 Å². The summed E-state index contributed by atoms with van der Waals surface area (Å²) in [6.07, 6.45) is 3.16. The molecule has 4 heteroatoms. The smallest absolute Gasteiger partial charge is 0.337 e. The molecule has 3 rings (SSSR count). The van der Waals surface area contributed by atoms with Crippen LogP contribution in [0, 0.1) is 6.92 Å². The van der Waals surface area contributed by atoms with Crippen molar-refractivity contribution < 1.29 is 9.53 Å². The molecule has 0 radical (unpaired) electrons. The summed E-state index contributed by atoms with van der Waals surface area (Å²) >= 11 is 0. The van der Waals surface area contributed by atoms with Gasteiger partial charge in [0.25, 0.3) is 0 Å². The average molecular weight is 360 g/mol. The number of esters is 1. The lowest BCUT2D eigenvalue weighted by Crippen LogP contribution is -2.12. The van der Waals surface area contributed by atoms with E-state index in [1.807, 2.05) is 67.6 Å². The molecule has 0 fully saturated rings. The van der Waals surface area contributed by atoms with E-state index in [1.165, 1.54) is 6.08 Å². The van der Waals surface area contributed by atoms with Crippen molar-refractivity contribution in [2.75, 3.05) is 0 Å². The lowest BCUT2D eigenvalue weighted by atomic mass is 9.93. The first-order valence-electron chi connectivity index (χ1n) is 8.95. The number of hydrogen-bond donors (Lipinski definition) is 0. The van der Waals surface area contributed by atoms with Crippen molar-refractivity contribution in [2.24, 2.45) is 0 Å². The highest BCUT2D eigenvalue weighted by molar-refractivity contribution is 5.88. The van der Waals surface area contributed by atoms with E-state index in [2.05, 4.69) is 25.9 Å². The van der Waals surface area contributed by atoms with Crippen molar-refractivity contribution in [1.82, 2.24) is 9.78 Å². The Balaban J connectivity index is 1.89. The summed E-state index contributed by atoms with van der Waals surface area (Å²) in [5.41, 5.74) is 3.66. The molecular weight excluding hydrogens is 336 g/mol. The van der Waals surface area contributed by atoms with E-state index in [4.69, 9.17) is 4.74 Å². The van der Waals surface area contributed by atoms with Crippen LogP contribution in [0.4, 0.5) is 0 Å². The summed E-state index contributed by atoms with van der Waals surface area (Å²) in [4.78, 5) is 12.3. The molecule has 0 aliphatic heterocycles. The average Bonchev–Trinajstić information content (AvgIpc) is 3.06. The maximum absolute atomic E-state index is 12.3. The number of aromatic nitrogens is 2. The van der Waals surface area contributed by atoms with E-state index in [9.17, 15) is 4.79 Å². The second-order valence-electron chi connectivity index (χ2n) is 7.53. The Hall–Kier alpha value is -3.14. The first-order chi connectivity index (χ1) is 12.8. The fourth-order valence-corrected chi connectivity index (χ4v) is 2.54. The van der Waals surface area contributed by atoms with E-state index >= 15 is 0 Å². The number of nitrogens with zero attached hydrogens (tertiary/aromatic N) is 2. The molecule has 0 saturated heterocycles. The van der Waals surface area contributed by atoms with Crippen molar-refractivity contribution in [3.05, 3.63) is 83.6 Å². The van der Waals surface area contributed by atoms with Crippen LogP contribution in [0.5, 0.6) is 5.88 Å². The molecule has 0 spiro atoms. The van der Waals surface area contributed by atoms with Crippen molar-refractivity contribution in [3.63, 3.8) is 0 Å². The third-order valence-electron chi connectivity index (χ3n) is 4.14. The third kappa shape index (κ3) is 4.73. The van der Waals surface area contributed by atoms with Crippen molar-refractivity contribution in [1.29, 1.82) is 0 Å². The largest absolute Gasteiger partial charge is 0.404 e. The Kier molecular flexibility index (Phi) is 5.26. The number of aryl methyl sites for hydroxylation is 1. The minimum Gasteiger partial charge on any atom is -0.404 e. The number of benzene rings is 2. The van der Waals surface area contributed by atoms with Gasteiger partial charge < -0.3 is 4.74 Å². The highest BCUT2D eigenvalue weighted by Gasteiger charge is 2.22. The first kappa shape index (κ1) is 18.6. The van der Waals surface area contributed by atoms with Crippen LogP contribution >= 0.6 is 0 Å². The lowest BCUT2D eigenvalue weighted by molar-refractivity contribution is -0.129. The Morgan fingerprint density at radius 1 is 1.04 bits per heavy atom. The van der Waals surface area contributed by atoms with Crippen molar-refractivity contribution in [2.45, 2.75) is 33.1 Å². The number of hydrogen-bond acceptors (Lipinski definition) is 3. The van der Waals surface area contributed by atoms with Crippen LogP contribution in [0.3, 0.4) is 0 Å². The van der Waals surface area contributed by atoms with Gasteiger partial charge in [0.15, 0.2) is 0 Å². The standard InChI is InChI=1S/C23H24N2O2/c1-17-10-13-19(14-11-17)25-21(16-20(24-25)23(2,3)4)27-22(26)15-12-18-8-6-5-7-9-18/h5-16H,1-4H3. The lowest BCUT2D eigenvalue weighted by Gasteiger charge is -2.13. The molecule has 0 atom stereocenters. The molecule has 27 heavy (non-hydrogen) atoms. The fourth-order valence-electron chi connectivity index (χ4n) is 2.54. The van der Waals surface area contributed by atoms with Crippen LogP contribution in [0.25, 0.3) is 11.8 Å². The van der Waals surface area contributed by atoms with Crippen LogP contribution in [0.15, 0.2) is 66.7 Å². The minimum atomic E-state index is -0.437. The molecule has 0 saturated carbocycles. The van der Waals surface area contributed by atoms with Gasteiger partial charge in [-0.3, -0.25) is 0 Å². The molecule has 1 aromatic heterocycles. The van der Waals surface area contributed by atoms with E-state index in [-0.39, 0.29) is 5.41 Å². The molecule has 3 aromatic rings. The topological polar surface area (TPSA) is 44.1 Å². The highest BCUT2D eigenvalue weighted by atomic mass is 16.5. The highest BCUT2D eigenvalue weighted by Crippen LogP contribution is 2.28. The maximum atomic E-state index is 12.3. The van der Waals surface area contributed by atoms with Crippen molar-refractivity contribution in [3.8, 4) is 11.6 Å². The normalized spacial score (nSPS) is 11.7. The monoisotopic (exact) mass is 360 g/mol. The molecule has 0 N–H and O–H groups in total. The number of carbonyl (C=O) groups excluding carboxylic acids is 1. The number of ether oxygens (including phenoxy) is 1. The van der Waals surface area contributed by atoms with Crippen LogP contribution in [0.2, 0.25) is 0 Å². The van der Waals surface area contributed by atoms with E-state index < -0.39 is 5.97 Å². The molecular formula is C23H24N2O2. The molecule has 138 valence electrons. The molecule has 0 aliphatic rings. The van der Waals surface area contributed by atoms with Gasteiger partial charge in [-0.15, -0.1) is 0 Å². The van der Waals surface area contributed by atoms with Gasteiger partial charge in [-0.25, -0.2) is 9.48 Å². The first-order valence-corrected chi connectivity index (χ1v) is 8.95. The summed E-state index contributed by atoms with van der Waals surface area (Å²) in [5, 5.41) is 4.67. The fraction of sp³-hybridized carbons (Fsp3) is 0.217. The van der Waals surface area contributed by atoms with E-state index in [0.29, 0.717) is 5.88 Å². The molecule has 0 unspecified atom stereocenters. The molecule has 0 bridgehead atoms. The Morgan fingerprint density at radius 2 is 1.70 bits per heavy atom. The summed E-state index contributed by atoms with van der Waals surface area (Å²) in [5.74, 6) is -0.0286. The van der Waals surface area contributed by atoms with Gasteiger partial charge >= 0.3 is 5.97 Å². The van der Waals surface area contributed by atoms with Gasteiger partial charge in [0.1, 0.15) is 0 Å². The molecule has 4 nitrogen and oxygen atoms in total. The summed E-state index contributed by atoms with van der Waals surface area (Å²) in [6, 6.07) is 19.4. The van der Waals surface area contributed by atoms with E-state index in [0.717, 1.165) is 22.5 Å². The predicted molar refractivity (Wildman–Crippen MR) is 108 cm³/mol. The second-order valence-corrected chi connectivity index (χ2v) is 7.53. The molecule has 2 aromatic carbocycles. The molecule has 0 amide bonds. The molecule has 0 aliphatic carbocycles. The van der Waals surface area contributed by atoms with Gasteiger partial charge in [-0.05, 0) is 30.7 Å². The third-order valence-corrected chi connectivity index (χ3v) is 4.14. The minimum absolute atomic E-state index is 0.156. The van der Waals surface area contributed by atoms with Crippen molar-refractivity contribution >= 4 is 12.0 Å². The van der Waals surface area contributed by atoms with Crippen LogP contribution < -0.4 is 4.74 Å². The quantitative estimate of drug-likeness (QED) is 0.480. The summed E-state index contributed by atoms with van der Waals surface area (Å²) < 4.78 is 7.28. The summed E-state index contributed by atoms with van der Waals surface area (Å²) in [6.45, 7) is 8.27. The Bertz CT molecular complexity index is 946. The number of carbonyl (C=O) groups is 1. The Labute approximate surface area is 160 Å². The molecule has 1 heterocycles. The number of rotatable bonds is 4. The zero-order valence-corrected chi connectivity index (χ0v) is 16.1. The van der Waals surface area contributed by atoms with Crippen LogP contribution in [0.1, 0.15) is 37.6 Å². The van der Waals surface area contributed by atoms with Crippen LogP contribution in [-0.4, -0.2) is 15.7 Å². The van der Waals surface area contributed by atoms with Gasteiger partial charge in [0, 0.05) is 17.6 Å².